The normalized spacial score (nSPS) is 21.6. The summed E-state index contributed by atoms with van der Waals surface area (Å²) < 4.78 is 31.1. The van der Waals surface area contributed by atoms with Gasteiger partial charge in [0.15, 0.2) is 0 Å². The molecule has 102 valence electrons. The minimum absolute atomic E-state index is 0.0869. The van der Waals surface area contributed by atoms with Crippen molar-refractivity contribution in [2.45, 2.75) is 46.1 Å². The van der Waals surface area contributed by atoms with Crippen LogP contribution in [0.25, 0.3) is 0 Å². The summed E-state index contributed by atoms with van der Waals surface area (Å²) in [5, 5.41) is 3.98. The first-order valence-electron chi connectivity index (χ1n) is 6.45. The van der Waals surface area contributed by atoms with Gasteiger partial charge < -0.3 is 4.52 Å². The second-order valence-electron chi connectivity index (χ2n) is 4.63. The summed E-state index contributed by atoms with van der Waals surface area (Å²) in [5.74, 6) is 0.964. The molecule has 0 aromatic carbocycles. The smallest absolute Gasteiger partial charge is 0.214 e. The molecule has 1 saturated heterocycles. The number of aromatic nitrogens is 1. The van der Waals surface area contributed by atoms with Gasteiger partial charge in [-0.3, -0.25) is 0 Å². The average Bonchev–Trinajstić information content (AvgIpc) is 2.94. The lowest BCUT2D eigenvalue weighted by Gasteiger charge is -2.23. The maximum Gasteiger partial charge on any atom is 0.214 e. The van der Waals surface area contributed by atoms with Gasteiger partial charge in [0.2, 0.25) is 10.0 Å². The third-order valence-electron chi connectivity index (χ3n) is 3.56. The molecule has 1 aliphatic heterocycles. The Labute approximate surface area is 108 Å². The minimum atomic E-state index is -3.15. The lowest BCUT2D eigenvalue weighted by molar-refractivity contribution is 0.368. The van der Waals surface area contributed by atoms with Crippen LogP contribution >= 0.6 is 0 Å². The average molecular weight is 272 g/mol. The van der Waals surface area contributed by atoms with Gasteiger partial charge >= 0.3 is 0 Å². The molecule has 18 heavy (non-hydrogen) atoms. The van der Waals surface area contributed by atoms with Crippen LogP contribution in [0.15, 0.2) is 4.52 Å². The molecule has 0 saturated carbocycles. The van der Waals surface area contributed by atoms with E-state index in [2.05, 4.69) is 5.16 Å². The van der Waals surface area contributed by atoms with Crippen molar-refractivity contribution in [2.75, 3.05) is 12.3 Å². The van der Waals surface area contributed by atoms with Crippen molar-refractivity contribution in [2.24, 2.45) is 0 Å². The van der Waals surface area contributed by atoms with Crippen LogP contribution in [-0.2, 0) is 16.4 Å². The summed E-state index contributed by atoms with van der Waals surface area (Å²) in [5.41, 5.74) is 1.79. The summed E-state index contributed by atoms with van der Waals surface area (Å²) in [6.07, 6.45) is 2.50. The quantitative estimate of drug-likeness (QED) is 0.841. The first-order valence-corrected chi connectivity index (χ1v) is 8.06. The summed E-state index contributed by atoms with van der Waals surface area (Å²) in [6, 6.07) is -0.0869. The van der Waals surface area contributed by atoms with Crippen LogP contribution in [0.5, 0.6) is 0 Å². The Hall–Kier alpha value is -0.880. The second-order valence-corrected chi connectivity index (χ2v) is 6.84. The molecule has 1 fully saturated rings. The largest absolute Gasteiger partial charge is 0.361 e. The number of hydrogen-bond donors (Lipinski definition) is 0. The molecule has 0 radical (unpaired) electrons. The number of aryl methyl sites for hydroxylation is 2. The lowest BCUT2D eigenvalue weighted by Crippen LogP contribution is -2.32. The van der Waals surface area contributed by atoms with Crippen molar-refractivity contribution < 1.29 is 12.9 Å². The first-order chi connectivity index (χ1) is 8.51. The van der Waals surface area contributed by atoms with E-state index in [0.717, 1.165) is 36.3 Å². The van der Waals surface area contributed by atoms with Crippen molar-refractivity contribution in [3.05, 3.63) is 17.0 Å². The van der Waals surface area contributed by atoms with Crippen LogP contribution in [-0.4, -0.2) is 30.2 Å². The number of rotatable bonds is 4. The summed E-state index contributed by atoms with van der Waals surface area (Å²) in [7, 11) is -3.15. The van der Waals surface area contributed by atoms with E-state index in [9.17, 15) is 8.42 Å². The molecule has 1 aromatic heterocycles. The standard InChI is InChI=1S/C12H20N2O3S/c1-4-11-12(9(3)13-17-11)10-7-6-8-14(10)18(15,16)5-2/h10H,4-8H2,1-3H3/t10-/m1/s1. The van der Waals surface area contributed by atoms with Gasteiger partial charge in [0.1, 0.15) is 5.76 Å². The van der Waals surface area contributed by atoms with Crippen LogP contribution in [0, 0.1) is 6.92 Å². The van der Waals surface area contributed by atoms with Gasteiger partial charge in [-0.2, -0.15) is 4.31 Å². The Bertz CT molecular complexity index is 521. The van der Waals surface area contributed by atoms with Gasteiger partial charge in [0.05, 0.1) is 17.5 Å². The van der Waals surface area contributed by atoms with Crippen LogP contribution in [0.2, 0.25) is 0 Å². The maximum absolute atomic E-state index is 12.1. The van der Waals surface area contributed by atoms with E-state index in [-0.39, 0.29) is 11.8 Å². The number of nitrogens with zero attached hydrogens (tertiary/aromatic N) is 2. The highest BCUT2D eigenvalue weighted by atomic mass is 32.2. The summed E-state index contributed by atoms with van der Waals surface area (Å²) >= 11 is 0. The molecule has 2 rings (SSSR count). The number of hydrogen-bond acceptors (Lipinski definition) is 4. The fraction of sp³-hybridized carbons (Fsp3) is 0.750. The molecule has 0 unspecified atom stereocenters. The predicted molar refractivity (Wildman–Crippen MR) is 68.8 cm³/mol. The highest BCUT2D eigenvalue weighted by Crippen LogP contribution is 2.37. The van der Waals surface area contributed by atoms with E-state index >= 15 is 0 Å². The van der Waals surface area contributed by atoms with E-state index in [0.29, 0.717) is 6.54 Å². The van der Waals surface area contributed by atoms with Crippen molar-refractivity contribution in [3.8, 4) is 0 Å². The Morgan fingerprint density at radius 2 is 2.17 bits per heavy atom. The molecule has 1 aromatic rings. The van der Waals surface area contributed by atoms with E-state index < -0.39 is 10.0 Å². The third-order valence-corrected chi connectivity index (χ3v) is 5.44. The van der Waals surface area contributed by atoms with Crippen molar-refractivity contribution in [1.82, 2.24) is 9.46 Å². The molecule has 6 heteroatoms. The summed E-state index contributed by atoms with van der Waals surface area (Å²) in [4.78, 5) is 0. The van der Waals surface area contributed by atoms with Gasteiger partial charge in [0, 0.05) is 18.5 Å². The zero-order valence-electron chi connectivity index (χ0n) is 11.1. The van der Waals surface area contributed by atoms with E-state index in [1.165, 1.54) is 0 Å². The predicted octanol–water partition coefficient (Wildman–Crippen LogP) is 2.03. The van der Waals surface area contributed by atoms with E-state index in [4.69, 9.17) is 4.52 Å². The van der Waals surface area contributed by atoms with Crippen LogP contribution < -0.4 is 0 Å². The second kappa shape index (κ2) is 5.01. The summed E-state index contributed by atoms with van der Waals surface area (Å²) in [6.45, 7) is 6.17. The Morgan fingerprint density at radius 3 is 2.78 bits per heavy atom. The van der Waals surface area contributed by atoms with Gasteiger partial charge in [-0.15, -0.1) is 0 Å². The molecule has 1 atom stereocenters. The molecule has 0 spiro atoms. The zero-order valence-corrected chi connectivity index (χ0v) is 12.0. The van der Waals surface area contributed by atoms with Crippen molar-refractivity contribution in [1.29, 1.82) is 0 Å². The molecule has 0 N–H and O–H groups in total. The molecule has 5 nitrogen and oxygen atoms in total. The fourth-order valence-electron chi connectivity index (χ4n) is 2.63. The van der Waals surface area contributed by atoms with E-state index in [1.807, 2.05) is 13.8 Å². The molecule has 0 bridgehead atoms. The Morgan fingerprint density at radius 1 is 1.44 bits per heavy atom. The van der Waals surface area contributed by atoms with E-state index in [1.54, 1.807) is 11.2 Å². The molecule has 2 heterocycles. The van der Waals surface area contributed by atoms with Crippen molar-refractivity contribution >= 4 is 10.0 Å². The van der Waals surface area contributed by atoms with Crippen molar-refractivity contribution in [3.63, 3.8) is 0 Å². The van der Waals surface area contributed by atoms with Crippen LogP contribution in [0.4, 0.5) is 0 Å². The molecular formula is C12H20N2O3S. The SMILES string of the molecule is CCc1onc(C)c1[C@H]1CCCN1S(=O)(=O)CC. The van der Waals surface area contributed by atoms with Crippen LogP contribution in [0.3, 0.4) is 0 Å². The van der Waals surface area contributed by atoms with Gasteiger partial charge in [-0.05, 0) is 26.7 Å². The molecular weight excluding hydrogens is 252 g/mol. The molecule has 0 aliphatic carbocycles. The Balaban J connectivity index is 2.41. The molecule has 1 aliphatic rings. The number of sulfonamides is 1. The van der Waals surface area contributed by atoms with Gasteiger partial charge in [0.25, 0.3) is 0 Å². The fourth-order valence-corrected chi connectivity index (χ4v) is 3.97. The van der Waals surface area contributed by atoms with Gasteiger partial charge in [-0.1, -0.05) is 12.1 Å². The highest BCUT2D eigenvalue weighted by molar-refractivity contribution is 7.89. The Kier molecular flexibility index (Phi) is 3.77. The highest BCUT2D eigenvalue weighted by Gasteiger charge is 2.37. The zero-order chi connectivity index (χ0) is 13.3. The van der Waals surface area contributed by atoms with Crippen LogP contribution in [0.1, 0.15) is 49.7 Å². The van der Waals surface area contributed by atoms with Gasteiger partial charge in [-0.25, -0.2) is 8.42 Å². The maximum atomic E-state index is 12.1. The molecule has 0 amide bonds. The monoisotopic (exact) mass is 272 g/mol. The third kappa shape index (κ3) is 2.19. The minimum Gasteiger partial charge on any atom is -0.361 e. The topological polar surface area (TPSA) is 63.4 Å². The first kappa shape index (κ1) is 13.5. The lowest BCUT2D eigenvalue weighted by atomic mass is 10.0.